The summed E-state index contributed by atoms with van der Waals surface area (Å²) in [6.45, 7) is 6.86. The van der Waals surface area contributed by atoms with Crippen molar-refractivity contribution < 1.29 is 21.7 Å². The van der Waals surface area contributed by atoms with Crippen molar-refractivity contribution in [1.29, 1.82) is 0 Å². The van der Waals surface area contributed by atoms with Gasteiger partial charge in [-0.05, 0) is 13.3 Å². The van der Waals surface area contributed by atoms with E-state index in [1.165, 1.54) is 25.6 Å². The smallest absolute Gasteiger partial charge is 0.253 e. The molecule has 1 aromatic rings. The van der Waals surface area contributed by atoms with Crippen LogP contribution in [-0.2, 0) is 28.2 Å². The Balaban J connectivity index is 0.000000360. The van der Waals surface area contributed by atoms with Crippen LogP contribution in [0.4, 0.5) is 0 Å². The molecule has 7 heteroatoms. The van der Waals surface area contributed by atoms with E-state index in [4.69, 9.17) is 0 Å². The first-order chi connectivity index (χ1) is 8.31. The standard InChI is InChI=1S/C9H17N2.C2H6O4S/c1-4-5-6-11-8-7-10(3)9(11)2;1-2-6-7(3,4)5/h7-8H,4-6H2,1-3H3;2H2,1H3,(H,3,4,5)/q+1;/p-1. The van der Waals surface area contributed by atoms with Gasteiger partial charge in [-0.2, -0.15) is 0 Å². The summed E-state index contributed by atoms with van der Waals surface area (Å²) in [6, 6.07) is 0. The van der Waals surface area contributed by atoms with Gasteiger partial charge >= 0.3 is 0 Å². The van der Waals surface area contributed by atoms with Gasteiger partial charge in [-0.15, -0.1) is 0 Å². The highest BCUT2D eigenvalue weighted by molar-refractivity contribution is 7.80. The summed E-state index contributed by atoms with van der Waals surface area (Å²) in [4.78, 5) is 0. The van der Waals surface area contributed by atoms with Crippen LogP contribution in [0.5, 0.6) is 0 Å². The van der Waals surface area contributed by atoms with Crippen molar-refractivity contribution in [1.82, 2.24) is 4.57 Å². The molecule has 1 aromatic heterocycles. The second kappa shape index (κ2) is 8.23. The fourth-order valence-electron chi connectivity index (χ4n) is 1.31. The summed E-state index contributed by atoms with van der Waals surface area (Å²) in [5.74, 6) is 1.33. The minimum Gasteiger partial charge on any atom is -0.726 e. The van der Waals surface area contributed by atoms with E-state index in [0.29, 0.717) is 0 Å². The summed E-state index contributed by atoms with van der Waals surface area (Å²) < 4.78 is 36.4. The highest BCUT2D eigenvalue weighted by atomic mass is 32.3. The Hall–Kier alpha value is -0.920. The van der Waals surface area contributed by atoms with Crippen LogP contribution in [-0.4, -0.2) is 24.1 Å². The lowest BCUT2D eigenvalue weighted by Gasteiger charge is -2.02. The van der Waals surface area contributed by atoms with E-state index in [1.54, 1.807) is 0 Å². The Morgan fingerprint density at radius 1 is 1.44 bits per heavy atom. The quantitative estimate of drug-likeness (QED) is 0.455. The molecule has 6 nitrogen and oxygen atoms in total. The number of nitrogens with zero attached hydrogens (tertiary/aromatic N) is 2. The maximum atomic E-state index is 9.45. The lowest BCUT2D eigenvalue weighted by molar-refractivity contribution is -0.677. The average molecular weight is 278 g/mol. The molecule has 1 heterocycles. The Morgan fingerprint density at radius 2 is 2.06 bits per heavy atom. The molecule has 0 amide bonds. The van der Waals surface area contributed by atoms with Crippen LogP contribution in [0.15, 0.2) is 12.4 Å². The molecule has 0 aliphatic rings. The first kappa shape index (κ1) is 17.1. The van der Waals surface area contributed by atoms with Gasteiger partial charge in [-0.1, -0.05) is 13.3 Å². The summed E-state index contributed by atoms with van der Waals surface area (Å²) in [5, 5.41) is 0. The molecule has 0 saturated carbocycles. The molecule has 0 saturated heterocycles. The van der Waals surface area contributed by atoms with Gasteiger partial charge < -0.3 is 4.55 Å². The monoisotopic (exact) mass is 278 g/mol. The van der Waals surface area contributed by atoms with Gasteiger partial charge in [-0.3, -0.25) is 4.18 Å². The molecule has 0 aliphatic heterocycles. The Morgan fingerprint density at radius 3 is 2.33 bits per heavy atom. The van der Waals surface area contributed by atoms with Crippen LogP contribution in [0.1, 0.15) is 32.5 Å². The van der Waals surface area contributed by atoms with Crippen LogP contribution in [0.3, 0.4) is 0 Å². The second-order valence-corrected chi connectivity index (χ2v) is 4.87. The van der Waals surface area contributed by atoms with E-state index in [-0.39, 0.29) is 6.61 Å². The van der Waals surface area contributed by atoms with E-state index >= 15 is 0 Å². The largest absolute Gasteiger partial charge is 0.726 e. The van der Waals surface area contributed by atoms with Crippen molar-refractivity contribution >= 4 is 10.4 Å². The zero-order chi connectivity index (χ0) is 14.2. The third-order valence-electron chi connectivity index (χ3n) is 2.41. The predicted molar refractivity (Wildman–Crippen MR) is 66.6 cm³/mol. The molecule has 0 unspecified atom stereocenters. The molecule has 0 atom stereocenters. The number of hydrogen-bond acceptors (Lipinski definition) is 4. The van der Waals surface area contributed by atoms with Crippen LogP contribution >= 0.6 is 0 Å². The van der Waals surface area contributed by atoms with Crippen LogP contribution in [0.25, 0.3) is 0 Å². The molecule has 0 spiro atoms. The maximum absolute atomic E-state index is 9.45. The number of rotatable bonds is 5. The predicted octanol–water partition coefficient (Wildman–Crippen LogP) is 0.904. The number of imidazole rings is 1. The van der Waals surface area contributed by atoms with E-state index in [9.17, 15) is 13.0 Å². The number of aromatic nitrogens is 2. The molecular formula is C11H22N2O4S. The molecule has 0 bridgehead atoms. The Labute approximate surface area is 109 Å². The number of hydrogen-bond donors (Lipinski definition) is 0. The SMILES string of the molecule is CCCCn1cc[n+](C)c1C.CCOS(=O)(=O)[O-]. The molecule has 18 heavy (non-hydrogen) atoms. The molecular weight excluding hydrogens is 256 g/mol. The fraction of sp³-hybridized carbons (Fsp3) is 0.727. The molecule has 106 valence electrons. The van der Waals surface area contributed by atoms with Gasteiger partial charge in [0, 0.05) is 6.92 Å². The molecule has 0 N–H and O–H groups in total. The van der Waals surface area contributed by atoms with Crippen molar-refractivity contribution in [2.75, 3.05) is 6.61 Å². The van der Waals surface area contributed by atoms with Gasteiger partial charge in [0.15, 0.2) is 0 Å². The van der Waals surface area contributed by atoms with Gasteiger partial charge in [0.2, 0.25) is 10.4 Å². The van der Waals surface area contributed by atoms with Crippen molar-refractivity contribution in [2.24, 2.45) is 7.05 Å². The summed E-state index contributed by atoms with van der Waals surface area (Å²) >= 11 is 0. The lowest BCUT2D eigenvalue weighted by Crippen LogP contribution is -2.29. The lowest BCUT2D eigenvalue weighted by atomic mass is 10.3. The van der Waals surface area contributed by atoms with Crippen molar-refractivity contribution in [2.45, 2.75) is 40.2 Å². The van der Waals surface area contributed by atoms with E-state index in [0.717, 1.165) is 6.54 Å². The summed E-state index contributed by atoms with van der Waals surface area (Å²) in [6.07, 6.45) is 6.78. The topological polar surface area (TPSA) is 75.2 Å². The van der Waals surface area contributed by atoms with Crippen molar-refractivity contribution in [3.63, 3.8) is 0 Å². The minimum atomic E-state index is -4.42. The van der Waals surface area contributed by atoms with E-state index in [1.807, 2.05) is 0 Å². The highest BCUT2D eigenvalue weighted by Gasteiger charge is 2.06. The highest BCUT2D eigenvalue weighted by Crippen LogP contribution is 1.96. The van der Waals surface area contributed by atoms with Crippen LogP contribution < -0.4 is 4.57 Å². The van der Waals surface area contributed by atoms with Crippen molar-refractivity contribution in [3.8, 4) is 0 Å². The van der Waals surface area contributed by atoms with Gasteiger partial charge in [-0.25, -0.2) is 17.6 Å². The molecule has 0 fully saturated rings. The minimum absolute atomic E-state index is 0.0914. The Kier molecular flexibility index (Phi) is 7.81. The Bertz CT molecular complexity index is 440. The number of aryl methyl sites for hydroxylation is 2. The van der Waals surface area contributed by atoms with E-state index < -0.39 is 10.4 Å². The molecule has 0 aromatic carbocycles. The third kappa shape index (κ3) is 7.41. The molecule has 0 radical (unpaired) electrons. The zero-order valence-corrected chi connectivity index (χ0v) is 12.2. The summed E-state index contributed by atoms with van der Waals surface area (Å²) in [7, 11) is -2.34. The van der Waals surface area contributed by atoms with Crippen molar-refractivity contribution in [3.05, 3.63) is 18.2 Å². The van der Waals surface area contributed by atoms with Gasteiger partial charge in [0.25, 0.3) is 5.82 Å². The first-order valence-electron chi connectivity index (χ1n) is 5.93. The molecule has 1 rings (SSSR count). The number of unbranched alkanes of at least 4 members (excludes halogenated alkanes) is 1. The first-order valence-corrected chi connectivity index (χ1v) is 7.26. The molecule has 0 aliphatic carbocycles. The van der Waals surface area contributed by atoms with E-state index in [2.05, 4.69) is 46.6 Å². The van der Waals surface area contributed by atoms with Gasteiger partial charge in [0.05, 0.1) is 20.2 Å². The average Bonchev–Trinajstić information content (AvgIpc) is 2.56. The van der Waals surface area contributed by atoms with Gasteiger partial charge in [0.1, 0.15) is 12.4 Å². The van der Waals surface area contributed by atoms with Crippen LogP contribution in [0, 0.1) is 6.92 Å². The fourth-order valence-corrected chi connectivity index (χ4v) is 1.60. The summed E-state index contributed by atoms with van der Waals surface area (Å²) in [5.41, 5.74) is 0. The second-order valence-electron chi connectivity index (χ2n) is 3.82. The zero-order valence-electron chi connectivity index (χ0n) is 11.4. The third-order valence-corrected chi connectivity index (χ3v) is 2.94. The normalized spacial score (nSPS) is 10.9. The van der Waals surface area contributed by atoms with Crippen LogP contribution in [0.2, 0.25) is 0 Å². The maximum Gasteiger partial charge on any atom is 0.253 e.